The van der Waals surface area contributed by atoms with Gasteiger partial charge in [0.25, 0.3) is 0 Å². The minimum absolute atomic E-state index is 0.302. The van der Waals surface area contributed by atoms with Gasteiger partial charge < -0.3 is 15.2 Å². The first-order chi connectivity index (χ1) is 8.67. The molecule has 0 fully saturated rings. The second kappa shape index (κ2) is 7.88. The number of carbonyl (C=O) groups is 1. The molecule has 0 aliphatic carbocycles. The van der Waals surface area contributed by atoms with Crippen molar-refractivity contribution in [1.82, 2.24) is 15.3 Å². The van der Waals surface area contributed by atoms with Crippen LogP contribution in [0.15, 0.2) is 12.4 Å². The van der Waals surface area contributed by atoms with Crippen molar-refractivity contribution in [2.45, 2.75) is 19.0 Å². The molecule has 2 N–H and O–H groups in total. The summed E-state index contributed by atoms with van der Waals surface area (Å²) in [5, 5.41) is 12.0. The van der Waals surface area contributed by atoms with E-state index in [0.717, 1.165) is 11.3 Å². The number of nitrogens with zero attached hydrogens (tertiary/aromatic N) is 2. The molecule has 18 heavy (non-hydrogen) atoms. The SMILES string of the molecule is COc1ncc(CN[C@H](CCSC)C(=O)O)cn1. The zero-order valence-corrected chi connectivity index (χ0v) is 11.2. The van der Waals surface area contributed by atoms with Crippen LogP contribution in [-0.4, -0.2) is 46.2 Å². The van der Waals surface area contributed by atoms with E-state index in [4.69, 9.17) is 9.84 Å². The monoisotopic (exact) mass is 271 g/mol. The highest BCUT2D eigenvalue weighted by atomic mass is 32.2. The number of ether oxygens (including phenoxy) is 1. The average molecular weight is 271 g/mol. The maximum atomic E-state index is 11.0. The lowest BCUT2D eigenvalue weighted by molar-refractivity contribution is -0.139. The van der Waals surface area contributed by atoms with Crippen LogP contribution in [0.3, 0.4) is 0 Å². The quantitative estimate of drug-likeness (QED) is 0.722. The lowest BCUT2D eigenvalue weighted by atomic mass is 10.2. The predicted octanol–water partition coefficient (Wildman–Crippen LogP) is 0.781. The number of aromatic nitrogens is 2. The third kappa shape index (κ3) is 4.89. The van der Waals surface area contributed by atoms with Gasteiger partial charge in [0.1, 0.15) is 6.04 Å². The topological polar surface area (TPSA) is 84.3 Å². The lowest BCUT2D eigenvalue weighted by Gasteiger charge is -2.13. The van der Waals surface area contributed by atoms with Crippen LogP contribution in [0, 0.1) is 0 Å². The smallest absolute Gasteiger partial charge is 0.320 e. The lowest BCUT2D eigenvalue weighted by Crippen LogP contribution is -2.36. The van der Waals surface area contributed by atoms with Gasteiger partial charge in [0, 0.05) is 24.5 Å². The largest absolute Gasteiger partial charge is 0.480 e. The number of thioether (sulfide) groups is 1. The predicted molar refractivity (Wildman–Crippen MR) is 69.8 cm³/mol. The van der Waals surface area contributed by atoms with Gasteiger partial charge in [-0.15, -0.1) is 0 Å². The molecule has 6 nitrogen and oxygen atoms in total. The van der Waals surface area contributed by atoms with Crippen molar-refractivity contribution in [2.75, 3.05) is 19.1 Å². The number of carboxylic acids is 1. The van der Waals surface area contributed by atoms with E-state index in [1.165, 1.54) is 7.11 Å². The van der Waals surface area contributed by atoms with Gasteiger partial charge in [0.2, 0.25) is 0 Å². The van der Waals surface area contributed by atoms with Gasteiger partial charge in [0.05, 0.1) is 7.11 Å². The molecule has 1 heterocycles. The molecule has 0 bridgehead atoms. The third-order valence-electron chi connectivity index (χ3n) is 2.33. The van der Waals surface area contributed by atoms with Gasteiger partial charge in [-0.1, -0.05) is 0 Å². The third-order valence-corrected chi connectivity index (χ3v) is 2.97. The molecule has 100 valence electrons. The average Bonchev–Trinajstić information content (AvgIpc) is 2.39. The summed E-state index contributed by atoms with van der Waals surface area (Å²) < 4.78 is 4.85. The normalized spacial score (nSPS) is 12.1. The summed E-state index contributed by atoms with van der Waals surface area (Å²) in [6.07, 6.45) is 5.78. The fourth-order valence-corrected chi connectivity index (χ4v) is 1.80. The first-order valence-electron chi connectivity index (χ1n) is 5.47. The van der Waals surface area contributed by atoms with Crippen molar-refractivity contribution in [3.8, 4) is 6.01 Å². The molecule has 0 radical (unpaired) electrons. The van der Waals surface area contributed by atoms with E-state index in [1.54, 1.807) is 24.2 Å². The van der Waals surface area contributed by atoms with Crippen molar-refractivity contribution in [1.29, 1.82) is 0 Å². The Labute approximate surface area is 110 Å². The summed E-state index contributed by atoms with van der Waals surface area (Å²) in [4.78, 5) is 18.9. The van der Waals surface area contributed by atoms with Crippen LogP contribution in [0.2, 0.25) is 0 Å². The Morgan fingerprint density at radius 1 is 1.56 bits per heavy atom. The van der Waals surface area contributed by atoms with Gasteiger partial charge in [-0.05, 0) is 18.4 Å². The molecule has 0 aromatic carbocycles. The highest BCUT2D eigenvalue weighted by molar-refractivity contribution is 7.98. The Bertz CT molecular complexity index is 372. The van der Waals surface area contributed by atoms with Gasteiger partial charge in [-0.3, -0.25) is 4.79 Å². The van der Waals surface area contributed by atoms with E-state index in [0.29, 0.717) is 19.0 Å². The molecule has 0 spiro atoms. The van der Waals surface area contributed by atoms with Crippen LogP contribution in [0.1, 0.15) is 12.0 Å². The van der Waals surface area contributed by atoms with E-state index < -0.39 is 12.0 Å². The van der Waals surface area contributed by atoms with Crippen LogP contribution >= 0.6 is 11.8 Å². The second-order valence-electron chi connectivity index (χ2n) is 3.63. The number of aliphatic carboxylic acids is 1. The Hall–Kier alpha value is -1.34. The summed E-state index contributed by atoms with van der Waals surface area (Å²) in [5.41, 5.74) is 0.825. The van der Waals surface area contributed by atoms with E-state index in [1.807, 2.05) is 6.26 Å². The molecule has 7 heteroatoms. The Morgan fingerprint density at radius 2 is 2.22 bits per heavy atom. The molecule has 1 aromatic heterocycles. The van der Waals surface area contributed by atoms with Crippen molar-refractivity contribution in [2.24, 2.45) is 0 Å². The van der Waals surface area contributed by atoms with Crippen LogP contribution in [-0.2, 0) is 11.3 Å². The zero-order valence-electron chi connectivity index (χ0n) is 10.4. The molecular weight excluding hydrogens is 254 g/mol. The molecule has 0 amide bonds. The first-order valence-corrected chi connectivity index (χ1v) is 6.86. The number of nitrogens with one attached hydrogen (secondary N) is 1. The summed E-state index contributed by atoms with van der Waals surface area (Å²) in [7, 11) is 1.50. The summed E-state index contributed by atoms with van der Waals surface area (Å²) in [6, 6.07) is -0.240. The fraction of sp³-hybridized carbons (Fsp3) is 0.545. The standard InChI is InChI=1S/C11H17N3O3S/c1-17-11-13-6-8(7-14-11)5-12-9(10(15)16)3-4-18-2/h6-7,9,12H,3-5H2,1-2H3,(H,15,16)/t9-/m1/s1. The molecule has 0 saturated carbocycles. The van der Waals surface area contributed by atoms with Gasteiger partial charge in [-0.25, -0.2) is 9.97 Å². The van der Waals surface area contributed by atoms with Crippen molar-refractivity contribution in [3.05, 3.63) is 18.0 Å². The van der Waals surface area contributed by atoms with Crippen LogP contribution in [0.4, 0.5) is 0 Å². The van der Waals surface area contributed by atoms with Gasteiger partial charge in [0.15, 0.2) is 0 Å². The van der Waals surface area contributed by atoms with Crippen molar-refractivity contribution >= 4 is 17.7 Å². The minimum Gasteiger partial charge on any atom is -0.480 e. The fourth-order valence-electron chi connectivity index (χ4n) is 1.33. The molecule has 0 saturated heterocycles. The molecule has 1 rings (SSSR count). The highest BCUT2D eigenvalue weighted by Gasteiger charge is 2.15. The highest BCUT2D eigenvalue weighted by Crippen LogP contribution is 2.04. The van der Waals surface area contributed by atoms with E-state index in [-0.39, 0.29) is 0 Å². The maximum Gasteiger partial charge on any atom is 0.320 e. The van der Waals surface area contributed by atoms with E-state index >= 15 is 0 Å². The van der Waals surface area contributed by atoms with Crippen molar-refractivity contribution in [3.63, 3.8) is 0 Å². The molecule has 0 aliphatic heterocycles. The molecule has 1 aromatic rings. The van der Waals surface area contributed by atoms with Gasteiger partial charge >= 0.3 is 12.0 Å². The zero-order chi connectivity index (χ0) is 13.4. The Balaban J connectivity index is 2.47. The minimum atomic E-state index is -0.835. The first kappa shape index (κ1) is 14.7. The van der Waals surface area contributed by atoms with Gasteiger partial charge in [-0.2, -0.15) is 11.8 Å². The maximum absolute atomic E-state index is 11.0. The number of carboxylic acid groups (broad SMARTS) is 1. The second-order valence-corrected chi connectivity index (χ2v) is 4.62. The van der Waals surface area contributed by atoms with Crippen LogP contribution < -0.4 is 10.1 Å². The van der Waals surface area contributed by atoms with E-state index in [2.05, 4.69) is 15.3 Å². The number of hydrogen-bond donors (Lipinski definition) is 2. The summed E-state index contributed by atoms with van der Waals surface area (Å²) >= 11 is 1.63. The van der Waals surface area contributed by atoms with E-state index in [9.17, 15) is 4.79 Å². The number of methoxy groups -OCH3 is 1. The molecular formula is C11H17N3O3S. The molecule has 0 unspecified atom stereocenters. The van der Waals surface area contributed by atoms with Crippen LogP contribution in [0.5, 0.6) is 6.01 Å². The van der Waals surface area contributed by atoms with Crippen LogP contribution in [0.25, 0.3) is 0 Å². The van der Waals surface area contributed by atoms with Crippen molar-refractivity contribution < 1.29 is 14.6 Å². The molecule has 0 aliphatic rings. The summed E-state index contributed by atoms with van der Waals surface area (Å²) in [5.74, 6) is -0.0261. The Kier molecular flexibility index (Phi) is 6.45. The molecule has 1 atom stereocenters. The summed E-state index contributed by atoms with van der Waals surface area (Å²) in [6.45, 7) is 0.426. The number of rotatable bonds is 8. The number of hydrogen-bond acceptors (Lipinski definition) is 6. The Morgan fingerprint density at radius 3 is 2.72 bits per heavy atom.